The summed E-state index contributed by atoms with van der Waals surface area (Å²) in [4.78, 5) is 18.8. The zero-order valence-corrected chi connectivity index (χ0v) is 16.3. The second-order valence-corrected chi connectivity index (χ2v) is 7.82. The highest BCUT2D eigenvalue weighted by molar-refractivity contribution is 7.13. The highest BCUT2D eigenvalue weighted by atomic mass is 32.1. The lowest BCUT2D eigenvalue weighted by Crippen LogP contribution is -2.34. The monoisotopic (exact) mass is 415 g/mol. The minimum Gasteiger partial charge on any atom is -0.357 e. The Morgan fingerprint density at radius 2 is 2.00 bits per heavy atom. The molecule has 150 valence electrons. The van der Waals surface area contributed by atoms with Crippen molar-refractivity contribution in [1.82, 2.24) is 15.2 Å². The molecule has 9 heteroatoms. The first-order chi connectivity index (χ1) is 14.1. The summed E-state index contributed by atoms with van der Waals surface area (Å²) in [6, 6.07) is 7.70. The number of pyridine rings is 1. The van der Waals surface area contributed by atoms with E-state index in [4.69, 9.17) is 0 Å². The maximum atomic E-state index is 13.4. The summed E-state index contributed by atoms with van der Waals surface area (Å²) >= 11 is 1.25. The van der Waals surface area contributed by atoms with E-state index in [1.165, 1.54) is 23.5 Å². The number of piperidine rings is 1. The maximum absolute atomic E-state index is 13.4. The molecular weight excluding hydrogens is 396 g/mol. The van der Waals surface area contributed by atoms with Crippen molar-refractivity contribution in [3.8, 4) is 0 Å². The van der Waals surface area contributed by atoms with Crippen molar-refractivity contribution in [3.63, 3.8) is 0 Å². The van der Waals surface area contributed by atoms with Crippen molar-refractivity contribution in [2.75, 3.05) is 23.3 Å². The summed E-state index contributed by atoms with van der Waals surface area (Å²) in [5, 5.41) is 10.6. The second kappa shape index (κ2) is 8.60. The molecule has 0 aliphatic carbocycles. The third-order valence-corrected chi connectivity index (χ3v) is 5.64. The number of rotatable bonds is 5. The Labute approximate surface area is 170 Å². The van der Waals surface area contributed by atoms with Crippen LogP contribution < -0.4 is 10.2 Å². The van der Waals surface area contributed by atoms with E-state index in [0.29, 0.717) is 16.6 Å². The molecule has 1 fully saturated rings. The van der Waals surface area contributed by atoms with Gasteiger partial charge in [-0.05, 0) is 55.0 Å². The molecular formula is C20H19F2N5OS. The quantitative estimate of drug-likeness (QED) is 0.684. The predicted octanol–water partition coefficient (Wildman–Crippen LogP) is 3.92. The minimum absolute atomic E-state index is 0.272. The number of nitrogens with one attached hydrogen (secondary N) is 1. The Balaban J connectivity index is 1.31. The van der Waals surface area contributed by atoms with E-state index >= 15 is 0 Å². The molecule has 0 unspecified atom stereocenters. The highest BCUT2D eigenvalue weighted by Crippen LogP contribution is 2.25. The van der Waals surface area contributed by atoms with Crippen molar-refractivity contribution in [2.45, 2.75) is 19.3 Å². The lowest BCUT2D eigenvalue weighted by atomic mass is 9.90. The SMILES string of the molecule is O=C(Nc1nncs1)c1ccc(N2CCC(Cc3ccc(F)c(F)c3)CC2)nc1. The number of aromatic nitrogens is 3. The van der Waals surface area contributed by atoms with Gasteiger partial charge in [0, 0.05) is 19.3 Å². The standard InChI is InChI=1S/C20H19F2N5OS/c21-16-3-1-14(10-17(16)22)9-13-5-7-27(8-6-13)18-4-2-15(11-23-18)19(28)25-20-26-24-12-29-20/h1-4,10-13H,5-9H2,(H,25,26,28). The first-order valence-electron chi connectivity index (χ1n) is 9.31. The fourth-order valence-corrected chi connectivity index (χ4v) is 3.91. The molecule has 1 N–H and O–H groups in total. The van der Waals surface area contributed by atoms with Crippen LogP contribution in [0.5, 0.6) is 0 Å². The first-order valence-corrected chi connectivity index (χ1v) is 10.2. The van der Waals surface area contributed by atoms with Crippen LogP contribution in [0.1, 0.15) is 28.8 Å². The van der Waals surface area contributed by atoms with Crippen LogP contribution >= 0.6 is 11.3 Å². The van der Waals surface area contributed by atoms with Crippen LogP contribution in [0.3, 0.4) is 0 Å². The van der Waals surface area contributed by atoms with E-state index in [-0.39, 0.29) is 5.91 Å². The van der Waals surface area contributed by atoms with Crippen molar-refractivity contribution >= 4 is 28.2 Å². The summed E-state index contributed by atoms with van der Waals surface area (Å²) in [6.45, 7) is 1.66. The maximum Gasteiger partial charge on any atom is 0.259 e. The van der Waals surface area contributed by atoms with Crippen molar-refractivity contribution in [2.24, 2.45) is 5.92 Å². The van der Waals surface area contributed by atoms with Gasteiger partial charge in [-0.1, -0.05) is 17.4 Å². The molecule has 29 heavy (non-hydrogen) atoms. The number of amides is 1. The Bertz CT molecular complexity index is 973. The van der Waals surface area contributed by atoms with Crippen molar-refractivity contribution < 1.29 is 13.6 Å². The van der Waals surface area contributed by atoms with E-state index in [9.17, 15) is 13.6 Å². The second-order valence-electron chi connectivity index (χ2n) is 6.99. The normalized spacial score (nSPS) is 14.8. The van der Waals surface area contributed by atoms with Crippen LogP contribution in [-0.4, -0.2) is 34.2 Å². The molecule has 3 aromatic rings. The van der Waals surface area contributed by atoms with Gasteiger partial charge in [-0.25, -0.2) is 13.8 Å². The van der Waals surface area contributed by atoms with Gasteiger partial charge >= 0.3 is 0 Å². The third-order valence-electron chi connectivity index (χ3n) is 5.04. The summed E-state index contributed by atoms with van der Waals surface area (Å²) in [5.74, 6) is -0.627. The van der Waals surface area contributed by atoms with E-state index < -0.39 is 11.6 Å². The molecule has 1 saturated heterocycles. The number of hydrogen-bond acceptors (Lipinski definition) is 6. The Morgan fingerprint density at radius 1 is 1.17 bits per heavy atom. The molecule has 6 nitrogen and oxygen atoms in total. The van der Waals surface area contributed by atoms with Gasteiger partial charge in [0.1, 0.15) is 11.3 Å². The Hall–Kier alpha value is -2.94. The van der Waals surface area contributed by atoms with Crippen molar-refractivity contribution in [1.29, 1.82) is 0 Å². The molecule has 0 saturated carbocycles. The van der Waals surface area contributed by atoms with Gasteiger partial charge in [0.15, 0.2) is 11.6 Å². The summed E-state index contributed by atoms with van der Waals surface area (Å²) in [7, 11) is 0. The molecule has 0 radical (unpaired) electrons. The fraction of sp³-hybridized carbons (Fsp3) is 0.300. The van der Waals surface area contributed by atoms with E-state index in [1.54, 1.807) is 23.8 Å². The summed E-state index contributed by atoms with van der Waals surface area (Å²) < 4.78 is 26.5. The molecule has 1 aliphatic rings. The van der Waals surface area contributed by atoms with Gasteiger partial charge in [-0.3, -0.25) is 10.1 Å². The van der Waals surface area contributed by atoms with Crippen LogP contribution in [0.15, 0.2) is 42.0 Å². The molecule has 1 amide bonds. The fourth-order valence-electron chi connectivity index (χ4n) is 3.47. The number of anilines is 2. The zero-order valence-electron chi connectivity index (χ0n) is 15.5. The lowest BCUT2D eigenvalue weighted by Gasteiger charge is -2.33. The number of benzene rings is 1. The molecule has 0 atom stereocenters. The van der Waals surface area contributed by atoms with Crippen molar-refractivity contribution in [3.05, 3.63) is 64.8 Å². The molecule has 4 rings (SSSR count). The van der Waals surface area contributed by atoms with Gasteiger partial charge in [0.25, 0.3) is 5.91 Å². The number of carbonyl (C=O) groups is 1. The Kier molecular flexibility index (Phi) is 5.75. The van der Waals surface area contributed by atoms with Gasteiger partial charge in [0.05, 0.1) is 5.56 Å². The predicted molar refractivity (Wildman–Crippen MR) is 107 cm³/mol. The van der Waals surface area contributed by atoms with Crippen LogP contribution in [0, 0.1) is 17.6 Å². The smallest absolute Gasteiger partial charge is 0.259 e. The first kappa shape index (κ1) is 19.4. The topological polar surface area (TPSA) is 71.0 Å². The van der Waals surface area contributed by atoms with Crippen LogP contribution in [-0.2, 0) is 6.42 Å². The number of nitrogens with zero attached hydrogens (tertiary/aromatic N) is 4. The van der Waals surface area contributed by atoms with Gasteiger partial charge < -0.3 is 4.90 Å². The summed E-state index contributed by atoms with van der Waals surface area (Å²) in [5.41, 5.74) is 2.83. The number of carbonyl (C=O) groups excluding carboxylic acids is 1. The zero-order chi connectivity index (χ0) is 20.2. The molecule has 2 aromatic heterocycles. The van der Waals surface area contributed by atoms with Gasteiger partial charge in [0.2, 0.25) is 5.13 Å². The van der Waals surface area contributed by atoms with Crippen LogP contribution in [0.25, 0.3) is 0 Å². The highest BCUT2D eigenvalue weighted by Gasteiger charge is 2.21. The molecule has 1 aromatic carbocycles. The largest absolute Gasteiger partial charge is 0.357 e. The summed E-state index contributed by atoms with van der Waals surface area (Å²) in [6.07, 6.45) is 4.18. The van der Waals surface area contributed by atoms with E-state index in [0.717, 1.165) is 43.7 Å². The average Bonchev–Trinajstić information content (AvgIpc) is 3.24. The molecule has 0 spiro atoms. The average molecular weight is 415 g/mol. The van der Waals surface area contributed by atoms with Gasteiger partial charge in [-0.2, -0.15) is 0 Å². The van der Waals surface area contributed by atoms with E-state index in [2.05, 4.69) is 25.4 Å². The molecule has 3 heterocycles. The minimum atomic E-state index is -0.810. The van der Waals surface area contributed by atoms with Crippen LogP contribution in [0.2, 0.25) is 0 Å². The van der Waals surface area contributed by atoms with Crippen LogP contribution in [0.4, 0.5) is 19.7 Å². The van der Waals surface area contributed by atoms with E-state index in [1.807, 2.05) is 6.07 Å². The third kappa shape index (κ3) is 4.73. The number of hydrogen-bond donors (Lipinski definition) is 1. The number of halogens is 2. The van der Waals surface area contributed by atoms with Gasteiger partial charge in [-0.15, -0.1) is 10.2 Å². The molecule has 1 aliphatic heterocycles. The molecule has 0 bridgehead atoms. The Morgan fingerprint density at radius 3 is 2.66 bits per heavy atom. The lowest BCUT2D eigenvalue weighted by molar-refractivity contribution is 0.102.